The Balaban J connectivity index is 0.00000128. The van der Waals surface area contributed by atoms with Gasteiger partial charge < -0.3 is 48.0 Å². The van der Waals surface area contributed by atoms with Crippen LogP contribution >= 0.6 is 0 Å². The largest absolute Gasteiger partial charge is 1.00 e. The van der Waals surface area contributed by atoms with Crippen LogP contribution in [0.4, 0.5) is 0 Å². The van der Waals surface area contributed by atoms with Crippen molar-refractivity contribution in [2.75, 3.05) is 0 Å². The third-order valence-corrected chi connectivity index (χ3v) is 2.39. The smallest absolute Gasteiger partial charge is 0.168 e. The number of hydrogen-bond donors (Lipinski definition) is 0. The molecule has 2 rings (SSSR count). The maximum atomic E-state index is 2.21. The van der Waals surface area contributed by atoms with E-state index < -0.39 is 0 Å². The van der Waals surface area contributed by atoms with Crippen molar-refractivity contribution >= 4 is 0 Å². The van der Waals surface area contributed by atoms with Crippen LogP contribution in [-0.2, 0) is 13.1 Å². The molecule has 2 aromatic rings. The van der Waals surface area contributed by atoms with Crippen LogP contribution in [0.3, 0.4) is 0 Å². The van der Waals surface area contributed by atoms with E-state index in [9.17, 15) is 0 Å². The molecule has 0 fully saturated rings. The number of rotatable bonds is 4. The summed E-state index contributed by atoms with van der Waals surface area (Å²) in [6, 6.07) is 12.3. The van der Waals surface area contributed by atoms with Gasteiger partial charge in [-0.1, -0.05) is 12.1 Å². The third kappa shape index (κ3) is 6.30. The Kier molecular flexibility index (Phi) is 9.62. The molecule has 2 nitrogen and oxygen atoms in total. The number of hydrogen-bond acceptors (Lipinski definition) is 0. The summed E-state index contributed by atoms with van der Waals surface area (Å²) in [5.74, 6) is 0. The average molecular weight is 454 g/mol. The summed E-state index contributed by atoms with van der Waals surface area (Å²) >= 11 is 0. The highest BCUT2D eigenvalue weighted by Crippen LogP contribution is 1.84. The predicted octanol–water partition coefficient (Wildman–Crippen LogP) is -4.64. The van der Waals surface area contributed by atoms with Gasteiger partial charge in [-0.3, -0.25) is 0 Å². The lowest BCUT2D eigenvalue weighted by molar-refractivity contribution is -0.726. The standard InChI is InChI=1S/C13H16N2.2HI/c1-3-8-14(9-4-1)12-7-13-15-10-5-2-6-11-15;;/h1-6,8-11H,7,12-13H2;2*1H/q+2;;/p-2. The Bertz CT molecular complexity index is 353. The summed E-state index contributed by atoms with van der Waals surface area (Å²) in [5, 5.41) is 0. The fourth-order valence-corrected chi connectivity index (χ4v) is 1.60. The molecule has 0 saturated carbocycles. The number of nitrogens with zero attached hydrogens (tertiary/aromatic N) is 2. The predicted molar refractivity (Wildman–Crippen MR) is 57.9 cm³/mol. The van der Waals surface area contributed by atoms with Gasteiger partial charge in [0.05, 0.1) is 6.42 Å². The molecule has 4 heteroatoms. The highest BCUT2D eigenvalue weighted by Gasteiger charge is 2.01. The van der Waals surface area contributed by atoms with Gasteiger partial charge >= 0.3 is 0 Å². The summed E-state index contributed by atoms with van der Waals surface area (Å²) in [5.41, 5.74) is 0. The molecule has 0 saturated heterocycles. The molecule has 0 unspecified atom stereocenters. The van der Waals surface area contributed by atoms with E-state index in [0.717, 1.165) is 19.5 Å². The van der Waals surface area contributed by atoms with Crippen molar-refractivity contribution in [1.29, 1.82) is 0 Å². The van der Waals surface area contributed by atoms with Crippen LogP contribution in [0, 0.1) is 0 Å². The Morgan fingerprint density at radius 1 is 0.529 bits per heavy atom. The molecule has 0 bridgehead atoms. The van der Waals surface area contributed by atoms with Gasteiger partial charge in [-0.25, -0.2) is 9.13 Å². The zero-order chi connectivity index (χ0) is 10.3. The monoisotopic (exact) mass is 454 g/mol. The van der Waals surface area contributed by atoms with Crippen LogP contribution in [0.5, 0.6) is 0 Å². The number of halogens is 2. The lowest BCUT2D eigenvalue weighted by Gasteiger charge is -1.95. The average Bonchev–Trinajstić information content (AvgIpc) is 2.32. The van der Waals surface area contributed by atoms with Crippen LogP contribution in [-0.4, -0.2) is 0 Å². The normalized spacial score (nSPS) is 8.94. The highest BCUT2D eigenvalue weighted by atomic mass is 127. The van der Waals surface area contributed by atoms with E-state index in [2.05, 4.69) is 58.2 Å². The first kappa shape index (κ1) is 16.8. The maximum absolute atomic E-state index is 2.21. The highest BCUT2D eigenvalue weighted by molar-refractivity contribution is 4.84. The van der Waals surface area contributed by atoms with Crippen LogP contribution in [0.1, 0.15) is 6.42 Å². The molecule has 0 aliphatic carbocycles. The quantitative estimate of drug-likeness (QED) is 0.325. The summed E-state index contributed by atoms with van der Waals surface area (Å²) in [4.78, 5) is 0. The number of pyridine rings is 2. The summed E-state index contributed by atoms with van der Waals surface area (Å²) in [7, 11) is 0. The second kappa shape index (κ2) is 9.76. The lowest BCUT2D eigenvalue weighted by Crippen LogP contribution is -3.00. The van der Waals surface area contributed by atoms with Crippen LogP contribution in [0.2, 0.25) is 0 Å². The van der Waals surface area contributed by atoms with Crippen LogP contribution < -0.4 is 57.1 Å². The van der Waals surface area contributed by atoms with Crippen molar-refractivity contribution in [3.8, 4) is 0 Å². The molecule has 17 heavy (non-hydrogen) atoms. The summed E-state index contributed by atoms with van der Waals surface area (Å²) in [6.45, 7) is 2.14. The molecular weight excluding hydrogens is 438 g/mol. The zero-order valence-electron chi connectivity index (χ0n) is 9.55. The van der Waals surface area contributed by atoms with E-state index >= 15 is 0 Å². The van der Waals surface area contributed by atoms with E-state index in [4.69, 9.17) is 0 Å². The lowest BCUT2D eigenvalue weighted by atomic mass is 10.3. The summed E-state index contributed by atoms with van der Waals surface area (Å²) < 4.78 is 4.42. The van der Waals surface area contributed by atoms with Crippen molar-refractivity contribution in [2.45, 2.75) is 19.5 Å². The Morgan fingerprint density at radius 2 is 0.882 bits per heavy atom. The Morgan fingerprint density at radius 3 is 1.24 bits per heavy atom. The van der Waals surface area contributed by atoms with Gasteiger partial charge in [0.1, 0.15) is 0 Å². The first-order valence-electron chi connectivity index (χ1n) is 5.33. The molecule has 0 N–H and O–H groups in total. The third-order valence-electron chi connectivity index (χ3n) is 2.39. The van der Waals surface area contributed by atoms with Crippen molar-refractivity contribution in [3.05, 3.63) is 61.2 Å². The maximum Gasteiger partial charge on any atom is 0.168 e. The van der Waals surface area contributed by atoms with E-state index in [0.29, 0.717) is 0 Å². The van der Waals surface area contributed by atoms with E-state index in [1.165, 1.54) is 0 Å². The van der Waals surface area contributed by atoms with Gasteiger partial charge in [0.2, 0.25) is 0 Å². The fourth-order valence-electron chi connectivity index (χ4n) is 1.60. The van der Waals surface area contributed by atoms with Crippen molar-refractivity contribution < 1.29 is 57.1 Å². The molecule has 0 spiro atoms. The topological polar surface area (TPSA) is 7.76 Å². The molecule has 0 amide bonds. The molecular formula is C13H16I2N2. The van der Waals surface area contributed by atoms with E-state index in [-0.39, 0.29) is 48.0 Å². The molecule has 2 heterocycles. The molecule has 2 aromatic heterocycles. The fraction of sp³-hybridized carbons (Fsp3) is 0.231. The molecule has 0 aromatic carbocycles. The van der Waals surface area contributed by atoms with Gasteiger partial charge in [0.15, 0.2) is 37.9 Å². The van der Waals surface area contributed by atoms with Crippen LogP contribution in [0.15, 0.2) is 61.2 Å². The first-order valence-corrected chi connectivity index (χ1v) is 5.33. The van der Waals surface area contributed by atoms with Crippen molar-refractivity contribution in [2.24, 2.45) is 0 Å². The van der Waals surface area contributed by atoms with Crippen LogP contribution in [0.25, 0.3) is 0 Å². The second-order valence-electron chi connectivity index (χ2n) is 3.58. The number of aromatic nitrogens is 2. The van der Waals surface area contributed by atoms with Gasteiger partial charge in [-0.2, -0.15) is 0 Å². The molecule has 0 atom stereocenters. The minimum Gasteiger partial charge on any atom is -1.00 e. The molecule has 0 radical (unpaired) electrons. The molecule has 92 valence electrons. The van der Waals surface area contributed by atoms with E-state index in [1.807, 2.05) is 12.1 Å². The Labute approximate surface area is 137 Å². The molecule has 0 aliphatic rings. The van der Waals surface area contributed by atoms with Gasteiger partial charge in [0.25, 0.3) is 0 Å². The second-order valence-corrected chi connectivity index (χ2v) is 3.58. The van der Waals surface area contributed by atoms with Gasteiger partial charge in [-0.15, -0.1) is 0 Å². The zero-order valence-corrected chi connectivity index (χ0v) is 13.9. The SMILES string of the molecule is [I-].[I-].c1cc[n+](CCC[n+]2ccccc2)cc1. The van der Waals surface area contributed by atoms with Crippen molar-refractivity contribution in [1.82, 2.24) is 0 Å². The summed E-state index contributed by atoms with van der Waals surface area (Å²) in [6.07, 6.45) is 9.58. The first-order chi connectivity index (χ1) is 7.45. The molecule has 0 aliphatic heterocycles. The van der Waals surface area contributed by atoms with E-state index in [1.54, 1.807) is 0 Å². The minimum atomic E-state index is 0. The number of aryl methyl sites for hydroxylation is 2. The van der Waals surface area contributed by atoms with Gasteiger partial charge in [-0.05, 0) is 0 Å². The van der Waals surface area contributed by atoms with Gasteiger partial charge in [0, 0.05) is 24.3 Å². The Hall–Kier alpha value is -0.240. The minimum absolute atomic E-state index is 0. The van der Waals surface area contributed by atoms with Crippen molar-refractivity contribution in [3.63, 3.8) is 0 Å².